The van der Waals surface area contributed by atoms with Gasteiger partial charge >= 0.3 is 13.2 Å². The molecule has 2 fully saturated rings. The van der Waals surface area contributed by atoms with E-state index >= 15 is 0 Å². The first-order valence-electron chi connectivity index (χ1n) is 11.7. The van der Waals surface area contributed by atoms with Crippen molar-refractivity contribution in [1.29, 1.82) is 0 Å². The molecule has 174 valence electrons. The lowest BCUT2D eigenvalue weighted by Crippen LogP contribution is -2.41. The van der Waals surface area contributed by atoms with Crippen molar-refractivity contribution in [3.05, 3.63) is 24.3 Å². The van der Waals surface area contributed by atoms with Gasteiger partial charge in [0.25, 0.3) is 0 Å². The minimum atomic E-state index is -0.490. The van der Waals surface area contributed by atoms with Crippen LogP contribution in [0.3, 0.4) is 0 Å². The van der Waals surface area contributed by atoms with Crippen LogP contribution in [0.5, 0.6) is 0 Å². The molecule has 4 rings (SSSR count). The Labute approximate surface area is 191 Å². The highest BCUT2D eigenvalue weighted by Crippen LogP contribution is 2.37. The van der Waals surface area contributed by atoms with Crippen LogP contribution in [0.2, 0.25) is 0 Å². The Hall–Kier alpha value is -2.06. The number of nitrogens with one attached hydrogen (secondary N) is 1. The minimum absolute atomic E-state index is 0.130. The molecule has 1 saturated heterocycles. The van der Waals surface area contributed by atoms with Crippen LogP contribution in [-0.4, -0.2) is 45.8 Å². The molecule has 1 aliphatic carbocycles. The number of carbonyl (C=O) groups is 1. The second kappa shape index (κ2) is 8.06. The van der Waals surface area contributed by atoms with Crippen molar-refractivity contribution in [3.8, 4) is 0 Å². The molecule has 2 aromatic rings. The number of alkyl carbamates (subject to hydrolysis) is 1. The van der Waals surface area contributed by atoms with Crippen LogP contribution in [-0.2, 0) is 14.0 Å². The third-order valence-electron chi connectivity index (χ3n) is 6.88. The number of benzene rings is 1. The molecule has 1 aromatic carbocycles. The standard InChI is InChI=1S/C24H36BN3O4/c1-22(2,3)30-21(29)26-16-12-14-17(15-13-16)28-19-11-9-8-10-18(19)20(27-28)25-31-23(4,5)24(6,7)32-25/h8-11,16-17H,12-15H2,1-7H3,(H,26,29). The third kappa shape index (κ3) is 4.53. The van der Waals surface area contributed by atoms with E-state index in [9.17, 15) is 4.79 Å². The normalized spacial score (nSPS) is 25.2. The van der Waals surface area contributed by atoms with Crippen molar-refractivity contribution in [2.75, 3.05) is 0 Å². The molecule has 2 heterocycles. The Bertz CT molecular complexity index is 971. The van der Waals surface area contributed by atoms with Crippen molar-refractivity contribution in [1.82, 2.24) is 15.1 Å². The zero-order valence-corrected chi connectivity index (χ0v) is 20.4. The summed E-state index contributed by atoms with van der Waals surface area (Å²) < 4.78 is 20.1. The maximum Gasteiger partial charge on any atom is 0.517 e. The van der Waals surface area contributed by atoms with Crippen molar-refractivity contribution < 1.29 is 18.8 Å². The second-order valence-electron chi connectivity index (χ2n) is 11.1. The molecule has 32 heavy (non-hydrogen) atoms. The first-order chi connectivity index (χ1) is 14.9. The number of ether oxygens (including phenoxy) is 1. The minimum Gasteiger partial charge on any atom is -0.444 e. The Morgan fingerprint density at radius 3 is 2.28 bits per heavy atom. The van der Waals surface area contributed by atoms with Crippen LogP contribution < -0.4 is 10.9 Å². The van der Waals surface area contributed by atoms with Gasteiger partial charge in [0.15, 0.2) is 0 Å². The fourth-order valence-corrected chi connectivity index (χ4v) is 4.46. The summed E-state index contributed by atoms with van der Waals surface area (Å²) in [6.07, 6.45) is 3.33. The Balaban J connectivity index is 1.50. The van der Waals surface area contributed by atoms with Gasteiger partial charge in [-0.15, -0.1) is 0 Å². The number of fused-ring (bicyclic) bond motifs is 1. The summed E-state index contributed by atoms with van der Waals surface area (Å²) in [5.74, 6) is 0. The predicted octanol–water partition coefficient (Wildman–Crippen LogP) is 4.34. The molecule has 1 saturated carbocycles. The lowest BCUT2D eigenvalue weighted by atomic mass is 9.82. The summed E-state index contributed by atoms with van der Waals surface area (Å²) in [7, 11) is -0.490. The molecule has 0 radical (unpaired) electrons. The Morgan fingerprint density at radius 2 is 1.69 bits per heavy atom. The lowest BCUT2D eigenvalue weighted by Gasteiger charge is -2.32. The quantitative estimate of drug-likeness (QED) is 0.718. The molecule has 7 nitrogen and oxygen atoms in total. The fourth-order valence-electron chi connectivity index (χ4n) is 4.46. The van der Waals surface area contributed by atoms with E-state index in [1.165, 1.54) is 0 Å². The number of aromatic nitrogens is 2. The highest BCUT2D eigenvalue weighted by atomic mass is 16.7. The van der Waals surface area contributed by atoms with E-state index < -0.39 is 23.9 Å². The van der Waals surface area contributed by atoms with Crippen LogP contribution in [0.25, 0.3) is 10.9 Å². The topological polar surface area (TPSA) is 74.6 Å². The molecule has 1 aromatic heterocycles. The summed E-state index contributed by atoms with van der Waals surface area (Å²) in [5, 5.41) is 9.11. The van der Waals surface area contributed by atoms with E-state index in [1.807, 2.05) is 32.9 Å². The first-order valence-corrected chi connectivity index (χ1v) is 11.7. The molecule has 8 heteroatoms. The van der Waals surface area contributed by atoms with Gasteiger partial charge in [0.05, 0.1) is 22.8 Å². The van der Waals surface area contributed by atoms with Gasteiger partial charge in [-0.3, -0.25) is 4.68 Å². The van der Waals surface area contributed by atoms with Crippen LogP contribution >= 0.6 is 0 Å². The molecule has 0 spiro atoms. The number of hydrogen-bond donors (Lipinski definition) is 1. The second-order valence-corrected chi connectivity index (χ2v) is 11.1. The van der Waals surface area contributed by atoms with Gasteiger partial charge in [-0.05, 0) is 80.2 Å². The SMILES string of the molecule is CC(C)(C)OC(=O)NC1CCC(n2nc(B3OC(C)(C)C(C)(C)O3)c3ccccc32)CC1. The maximum atomic E-state index is 12.1. The van der Waals surface area contributed by atoms with Crippen LogP contribution in [0.15, 0.2) is 24.3 Å². The zero-order chi connectivity index (χ0) is 23.3. The summed E-state index contributed by atoms with van der Waals surface area (Å²) >= 11 is 0. The van der Waals surface area contributed by atoms with Crippen molar-refractivity contribution in [2.45, 2.75) is 103 Å². The molecule has 1 aliphatic heterocycles. The smallest absolute Gasteiger partial charge is 0.444 e. The van der Waals surface area contributed by atoms with Crippen LogP contribution in [0, 0.1) is 0 Å². The van der Waals surface area contributed by atoms with Crippen LogP contribution in [0.1, 0.15) is 80.2 Å². The van der Waals surface area contributed by atoms with E-state index in [0.29, 0.717) is 0 Å². The van der Waals surface area contributed by atoms with Gasteiger partial charge < -0.3 is 19.4 Å². The average Bonchev–Trinajstić information content (AvgIpc) is 3.15. The van der Waals surface area contributed by atoms with Gasteiger partial charge in [-0.2, -0.15) is 5.10 Å². The summed E-state index contributed by atoms with van der Waals surface area (Å²) in [6, 6.07) is 8.68. The predicted molar refractivity (Wildman–Crippen MR) is 126 cm³/mol. The molecular formula is C24H36BN3O4. The highest BCUT2D eigenvalue weighted by molar-refractivity contribution is 6.64. The number of nitrogens with zero attached hydrogens (tertiary/aromatic N) is 2. The van der Waals surface area contributed by atoms with Gasteiger partial charge in [-0.1, -0.05) is 18.2 Å². The fraction of sp³-hybridized carbons (Fsp3) is 0.667. The van der Waals surface area contributed by atoms with Crippen molar-refractivity contribution >= 4 is 29.7 Å². The number of para-hydroxylation sites is 1. The van der Waals surface area contributed by atoms with Gasteiger partial charge in [0.1, 0.15) is 11.2 Å². The first kappa shape index (κ1) is 23.1. The maximum absolute atomic E-state index is 12.1. The molecule has 0 bridgehead atoms. The number of hydrogen-bond acceptors (Lipinski definition) is 5. The van der Waals surface area contributed by atoms with E-state index in [4.69, 9.17) is 19.1 Å². The Morgan fingerprint density at radius 1 is 1.09 bits per heavy atom. The lowest BCUT2D eigenvalue weighted by molar-refractivity contribution is 0.00578. The number of rotatable bonds is 3. The van der Waals surface area contributed by atoms with E-state index in [2.05, 4.69) is 49.8 Å². The molecule has 2 aliphatic rings. The van der Waals surface area contributed by atoms with Crippen molar-refractivity contribution in [2.24, 2.45) is 0 Å². The van der Waals surface area contributed by atoms with Gasteiger partial charge in [-0.25, -0.2) is 4.79 Å². The zero-order valence-electron chi connectivity index (χ0n) is 20.4. The monoisotopic (exact) mass is 441 g/mol. The molecule has 1 amide bonds. The molecule has 0 atom stereocenters. The van der Waals surface area contributed by atoms with Gasteiger partial charge in [0, 0.05) is 11.4 Å². The summed E-state index contributed by atoms with van der Waals surface area (Å²) in [4.78, 5) is 12.1. The van der Waals surface area contributed by atoms with E-state index in [0.717, 1.165) is 42.2 Å². The third-order valence-corrected chi connectivity index (χ3v) is 6.88. The summed E-state index contributed by atoms with van der Waals surface area (Å²) in [5.41, 5.74) is 0.634. The largest absolute Gasteiger partial charge is 0.517 e. The number of carbonyl (C=O) groups excluding carboxylic acids is 1. The highest BCUT2D eigenvalue weighted by Gasteiger charge is 2.53. The molecular weight excluding hydrogens is 405 g/mol. The average molecular weight is 441 g/mol. The van der Waals surface area contributed by atoms with Crippen molar-refractivity contribution in [3.63, 3.8) is 0 Å². The van der Waals surface area contributed by atoms with E-state index in [1.54, 1.807) is 0 Å². The molecule has 0 unspecified atom stereocenters. The van der Waals surface area contributed by atoms with E-state index in [-0.39, 0.29) is 18.2 Å². The van der Waals surface area contributed by atoms with Crippen LogP contribution in [0.4, 0.5) is 4.79 Å². The van der Waals surface area contributed by atoms with Gasteiger partial charge in [0.2, 0.25) is 0 Å². The molecule has 1 N–H and O–H groups in total. The number of amides is 1. The Kier molecular flexibility index (Phi) is 5.82. The summed E-state index contributed by atoms with van der Waals surface area (Å²) in [6.45, 7) is 13.9.